The van der Waals surface area contributed by atoms with Crippen LogP contribution in [0.2, 0.25) is 0 Å². The first kappa shape index (κ1) is 19.4. The molecular weight excluding hydrogens is 386 g/mol. The van der Waals surface area contributed by atoms with E-state index in [2.05, 4.69) is 10.6 Å². The lowest BCUT2D eigenvalue weighted by molar-refractivity contribution is -0.119. The molecule has 0 saturated carbocycles. The maximum Gasteiger partial charge on any atom is 0.319 e. The van der Waals surface area contributed by atoms with Gasteiger partial charge in [0.25, 0.3) is 0 Å². The van der Waals surface area contributed by atoms with Crippen molar-refractivity contribution in [3.8, 4) is 0 Å². The molecule has 3 aromatic rings. The Morgan fingerprint density at radius 3 is 2.10 bits per heavy atom. The molecule has 31 heavy (non-hydrogen) atoms. The van der Waals surface area contributed by atoms with Gasteiger partial charge in [-0.1, -0.05) is 60.7 Å². The maximum absolute atomic E-state index is 13.0. The zero-order valence-corrected chi connectivity index (χ0v) is 17.3. The lowest BCUT2D eigenvalue weighted by Crippen LogP contribution is -2.39. The number of carbonyl (C=O) groups is 2. The third-order valence-corrected chi connectivity index (χ3v) is 6.07. The molecule has 0 unspecified atom stereocenters. The van der Waals surface area contributed by atoms with E-state index in [1.54, 1.807) is 0 Å². The van der Waals surface area contributed by atoms with Crippen molar-refractivity contribution in [1.29, 1.82) is 0 Å². The molecule has 0 aromatic heterocycles. The fourth-order valence-corrected chi connectivity index (χ4v) is 4.67. The number of anilines is 2. The van der Waals surface area contributed by atoms with Crippen LogP contribution in [0, 0.1) is 0 Å². The summed E-state index contributed by atoms with van der Waals surface area (Å²) < 4.78 is 0. The summed E-state index contributed by atoms with van der Waals surface area (Å²) in [5.41, 5.74) is 6.20. The molecular formula is C26H25N3O2. The van der Waals surface area contributed by atoms with Gasteiger partial charge in [-0.25, -0.2) is 4.79 Å². The molecule has 3 aromatic carbocycles. The van der Waals surface area contributed by atoms with Crippen LogP contribution in [0.1, 0.15) is 41.1 Å². The third kappa shape index (κ3) is 3.91. The predicted octanol–water partition coefficient (Wildman–Crippen LogP) is 4.82. The van der Waals surface area contributed by atoms with Crippen LogP contribution in [0.3, 0.4) is 0 Å². The van der Waals surface area contributed by atoms with E-state index >= 15 is 0 Å². The number of hydrogen-bond acceptors (Lipinski definition) is 2. The Balaban J connectivity index is 1.39. The Kier molecular flexibility index (Phi) is 5.16. The van der Waals surface area contributed by atoms with E-state index in [4.69, 9.17) is 0 Å². The first-order valence-electron chi connectivity index (χ1n) is 10.8. The Morgan fingerprint density at radius 2 is 1.45 bits per heavy atom. The predicted molar refractivity (Wildman–Crippen MR) is 122 cm³/mol. The highest BCUT2D eigenvalue weighted by molar-refractivity contribution is 5.99. The molecule has 5 rings (SSSR count). The highest BCUT2D eigenvalue weighted by Crippen LogP contribution is 2.38. The molecule has 0 spiro atoms. The molecule has 2 aliphatic rings. The molecule has 2 N–H and O–H groups in total. The Hall–Kier alpha value is -3.60. The summed E-state index contributed by atoms with van der Waals surface area (Å²) in [6.45, 7) is 0.794. The van der Waals surface area contributed by atoms with E-state index in [-0.39, 0.29) is 18.0 Å². The molecule has 5 nitrogen and oxygen atoms in total. The number of amides is 3. The SMILES string of the molecule is O=C(Nc1cc2c3c(c1)CCC(=O)N3CCC2)NC(c1ccccc1)c1ccccc1. The summed E-state index contributed by atoms with van der Waals surface area (Å²) >= 11 is 0. The number of carbonyl (C=O) groups excluding carboxylic acids is 2. The average Bonchev–Trinajstić information content (AvgIpc) is 2.81. The number of nitrogens with zero attached hydrogens (tertiary/aromatic N) is 1. The highest BCUT2D eigenvalue weighted by atomic mass is 16.2. The van der Waals surface area contributed by atoms with E-state index < -0.39 is 0 Å². The van der Waals surface area contributed by atoms with Gasteiger partial charge in [-0.2, -0.15) is 0 Å². The van der Waals surface area contributed by atoms with Gasteiger partial charge >= 0.3 is 6.03 Å². The number of urea groups is 1. The number of hydrogen-bond donors (Lipinski definition) is 2. The Morgan fingerprint density at radius 1 is 0.839 bits per heavy atom. The minimum absolute atomic E-state index is 0.209. The maximum atomic E-state index is 13.0. The van der Waals surface area contributed by atoms with Crippen molar-refractivity contribution < 1.29 is 9.59 Å². The molecule has 156 valence electrons. The van der Waals surface area contributed by atoms with Crippen molar-refractivity contribution in [1.82, 2.24) is 5.32 Å². The van der Waals surface area contributed by atoms with Crippen molar-refractivity contribution >= 4 is 23.3 Å². The second-order valence-corrected chi connectivity index (χ2v) is 8.14. The molecule has 0 bridgehead atoms. The summed E-state index contributed by atoms with van der Waals surface area (Å²) in [4.78, 5) is 27.2. The fourth-order valence-electron chi connectivity index (χ4n) is 4.67. The van der Waals surface area contributed by atoms with Crippen LogP contribution in [0.4, 0.5) is 16.2 Å². The summed E-state index contributed by atoms with van der Waals surface area (Å²) in [6, 6.07) is 23.5. The van der Waals surface area contributed by atoms with Gasteiger partial charge in [-0.05, 0) is 53.6 Å². The molecule has 0 atom stereocenters. The summed E-state index contributed by atoms with van der Waals surface area (Å²) in [5.74, 6) is 0.209. The molecule has 2 aliphatic heterocycles. The minimum atomic E-state index is -0.246. The van der Waals surface area contributed by atoms with Gasteiger partial charge in [0.05, 0.1) is 11.7 Å². The van der Waals surface area contributed by atoms with E-state index in [0.29, 0.717) is 6.42 Å². The average molecular weight is 412 g/mol. The van der Waals surface area contributed by atoms with Gasteiger partial charge in [0.15, 0.2) is 0 Å². The van der Waals surface area contributed by atoms with Crippen LogP contribution in [0.15, 0.2) is 72.8 Å². The minimum Gasteiger partial charge on any atom is -0.327 e. The lowest BCUT2D eigenvalue weighted by Gasteiger charge is -2.35. The number of nitrogens with one attached hydrogen (secondary N) is 2. The lowest BCUT2D eigenvalue weighted by atomic mass is 9.91. The monoisotopic (exact) mass is 411 g/mol. The molecule has 0 fully saturated rings. The Bertz CT molecular complexity index is 1060. The smallest absolute Gasteiger partial charge is 0.319 e. The fraction of sp³-hybridized carbons (Fsp3) is 0.231. The van der Waals surface area contributed by atoms with Crippen LogP contribution in [-0.4, -0.2) is 18.5 Å². The van der Waals surface area contributed by atoms with E-state index in [1.807, 2.05) is 77.7 Å². The van der Waals surface area contributed by atoms with Crippen molar-refractivity contribution in [3.05, 3.63) is 95.1 Å². The Labute approximate surface area is 182 Å². The molecule has 3 amide bonds. The normalized spacial score (nSPS) is 14.9. The third-order valence-electron chi connectivity index (χ3n) is 6.07. The van der Waals surface area contributed by atoms with Gasteiger partial charge < -0.3 is 15.5 Å². The second kappa shape index (κ2) is 8.26. The first-order chi connectivity index (χ1) is 15.2. The second-order valence-electron chi connectivity index (χ2n) is 8.14. The van der Waals surface area contributed by atoms with Crippen molar-refractivity contribution in [2.45, 2.75) is 31.7 Å². The van der Waals surface area contributed by atoms with E-state index in [1.165, 1.54) is 0 Å². The van der Waals surface area contributed by atoms with Gasteiger partial charge in [-0.15, -0.1) is 0 Å². The first-order valence-corrected chi connectivity index (χ1v) is 10.8. The van der Waals surface area contributed by atoms with Crippen LogP contribution >= 0.6 is 0 Å². The van der Waals surface area contributed by atoms with Crippen molar-refractivity contribution in [2.75, 3.05) is 16.8 Å². The van der Waals surface area contributed by atoms with E-state index in [0.717, 1.165) is 59.4 Å². The highest BCUT2D eigenvalue weighted by Gasteiger charge is 2.29. The molecule has 5 heteroatoms. The van der Waals surface area contributed by atoms with Crippen LogP contribution < -0.4 is 15.5 Å². The topological polar surface area (TPSA) is 61.4 Å². The van der Waals surface area contributed by atoms with E-state index in [9.17, 15) is 9.59 Å². The van der Waals surface area contributed by atoms with Crippen molar-refractivity contribution in [3.63, 3.8) is 0 Å². The zero-order chi connectivity index (χ0) is 21.2. The largest absolute Gasteiger partial charge is 0.327 e. The number of rotatable bonds is 4. The number of aryl methyl sites for hydroxylation is 2. The number of benzene rings is 3. The van der Waals surface area contributed by atoms with Gasteiger partial charge in [0.2, 0.25) is 5.91 Å². The molecule has 0 saturated heterocycles. The van der Waals surface area contributed by atoms with Crippen LogP contribution in [-0.2, 0) is 17.6 Å². The van der Waals surface area contributed by atoms with Gasteiger partial charge in [0.1, 0.15) is 0 Å². The molecule has 0 aliphatic carbocycles. The van der Waals surface area contributed by atoms with Gasteiger partial charge in [0, 0.05) is 18.7 Å². The molecule has 2 heterocycles. The standard InChI is InChI=1S/C26H25N3O2/c30-23-14-13-21-17-22(16-20-12-7-15-29(23)25(20)21)27-26(31)28-24(18-8-3-1-4-9-18)19-10-5-2-6-11-19/h1-6,8-11,16-17,24H,7,12-15H2,(H2,27,28,31). The van der Waals surface area contributed by atoms with Crippen LogP contribution in [0.5, 0.6) is 0 Å². The molecule has 0 radical (unpaired) electrons. The van der Waals surface area contributed by atoms with Crippen LogP contribution in [0.25, 0.3) is 0 Å². The van der Waals surface area contributed by atoms with Gasteiger partial charge in [-0.3, -0.25) is 4.79 Å². The quantitative estimate of drug-likeness (QED) is 0.646. The summed E-state index contributed by atoms with van der Waals surface area (Å²) in [5, 5.41) is 6.16. The summed E-state index contributed by atoms with van der Waals surface area (Å²) in [6.07, 6.45) is 3.15. The summed E-state index contributed by atoms with van der Waals surface area (Å²) in [7, 11) is 0. The zero-order valence-electron chi connectivity index (χ0n) is 17.3. The van der Waals surface area contributed by atoms with Crippen molar-refractivity contribution in [2.24, 2.45) is 0 Å².